The van der Waals surface area contributed by atoms with Crippen LogP contribution in [0, 0.1) is 5.41 Å². The Morgan fingerprint density at radius 1 is 1.08 bits per heavy atom. The van der Waals surface area contributed by atoms with Gasteiger partial charge in [-0.25, -0.2) is 4.79 Å². The maximum absolute atomic E-state index is 13.2. The minimum absolute atomic E-state index is 0.0642. The summed E-state index contributed by atoms with van der Waals surface area (Å²) in [6, 6.07) is 14.4. The number of carbonyl (C=O) groups excluding carboxylic acids is 2. The quantitative estimate of drug-likeness (QED) is 0.255. The third kappa shape index (κ3) is 5.15. The van der Waals surface area contributed by atoms with Crippen molar-refractivity contribution in [2.45, 2.75) is 20.8 Å². The molecular formula is C27H26ClN3O4S. The lowest BCUT2D eigenvalue weighted by atomic mass is 10.0. The van der Waals surface area contributed by atoms with Gasteiger partial charge in [0.1, 0.15) is 21.7 Å². The van der Waals surface area contributed by atoms with Crippen LogP contribution in [-0.4, -0.2) is 31.6 Å². The van der Waals surface area contributed by atoms with Gasteiger partial charge in [-0.15, -0.1) is 11.3 Å². The molecule has 0 saturated carbocycles. The Morgan fingerprint density at radius 2 is 1.81 bits per heavy atom. The van der Waals surface area contributed by atoms with Gasteiger partial charge in [0.05, 0.1) is 6.61 Å². The first-order valence-corrected chi connectivity index (χ1v) is 12.8. The number of ether oxygens (including phenoxy) is 1. The van der Waals surface area contributed by atoms with Crippen molar-refractivity contribution in [3.05, 3.63) is 75.6 Å². The fourth-order valence-corrected chi connectivity index (χ4v) is 5.02. The van der Waals surface area contributed by atoms with E-state index in [1.807, 2.05) is 18.2 Å². The molecule has 2 N–H and O–H groups in total. The van der Waals surface area contributed by atoms with Crippen LogP contribution >= 0.6 is 22.9 Å². The molecule has 4 aromatic rings. The van der Waals surface area contributed by atoms with Crippen molar-refractivity contribution in [2.24, 2.45) is 0 Å². The third-order valence-electron chi connectivity index (χ3n) is 5.78. The number of nitrogens with zero attached hydrogens (tertiary/aromatic N) is 1. The van der Waals surface area contributed by atoms with E-state index in [9.17, 15) is 9.59 Å². The minimum Gasteiger partial charge on any atom is -0.462 e. The van der Waals surface area contributed by atoms with Gasteiger partial charge in [0.2, 0.25) is 5.55 Å². The first kappa shape index (κ1) is 25.5. The van der Waals surface area contributed by atoms with Crippen LogP contribution < -0.4 is 15.8 Å². The number of nitrogens with one attached hydrogen (secondary N) is 2. The maximum Gasteiger partial charge on any atom is 0.341 e. The normalized spacial score (nSPS) is 10.9. The lowest BCUT2D eigenvalue weighted by Gasteiger charge is -2.21. The molecule has 186 valence electrons. The molecular weight excluding hydrogens is 498 g/mol. The summed E-state index contributed by atoms with van der Waals surface area (Å²) in [5, 5.41) is 14.5. The summed E-state index contributed by atoms with van der Waals surface area (Å²) in [6.45, 7) is 7.75. The van der Waals surface area contributed by atoms with E-state index in [0.717, 1.165) is 24.3 Å². The molecule has 0 radical (unpaired) electrons. The Hall–Kier alpha value is -3.62. The monoisotopic (exact) mass is 523 g/mol. The van der Waals surface area contributed by atoms with E-state index in [0.29, 0.717) is 26.6 Å². The lowest BCUT2D eigenvalue weighted by molar-refractivity contribution is 0.0529. The van der Waals surface area contributed by atoms with Crippen molar-refractivity contribution >= 4 is 56.5 Å². The maximum atomic E-state index is 13.2. The zero-order chi connectivity index (χ0) is 25.8. The number of hydrogen-bond acceptors (Lipinski definition) is 7. The van der Waals surface area contributed by atoms with E-state index in [1.54, 1.807) is 42.6 Å². The largest absolute Gasteiger partial charge is 0.462 e. The molecule has 0 aliphatic heterocycles. The van der Waals surface area contributed by atoms with Gasteiger partial charge in [0, 0.05) is 46.2 Å². The highest BCUT2D eigenvalue weighted by atomic mass is 35.5. The molecule has 0 saturated heterocycles. The number of esters is 1. The highest BCUT2D eigenvalue weighted by Crippen LogP contribution is 2.37. The number of amides is 1. The number of halogens is 1. The Morgan fingerprint density at radius 3 is 2.47 bits per heavy atom. The zero-order valence-electron chi connectivity index (χ0n) is 20.2. The number of rotatable bonds is 8. The second kappa shape index (κ2) is 11.0. The molecule has 0 bridgehead atoms. The molecule has 9 heteroatoms. The molecule has 4 rings (SSSR count). The summed E-state index contributed by atoms with van der Waals surface area (Å²) in [6.07, 6.45) is 0. The molecule has 0 fully saturated rings. The molecule has 0 spiro atoms. The van der Waals surface area contributed by atoms with Gasteiger partial charge in [-0.05, 0) is 56.7 Å². The van der Waals surface area contributed by atoms with Gasteiger partial charge in [0.25, 0.3) is 5.91 Å². The van der Waals surface area contributed by atoms with Crippen molar-refractivity contribution in [3.63, 3.8) is 0 Å². The molecule has 0 aliphatic rings. The van der Waals surface area contributed by atoms with E-state index in [-0.39, 0.29) is 23.3 Å². The summed E-state index contributed by atoms with van der Waals surface area (Å²) < 4.78 is 11.0. The SMILES string of the molecule is CCOC(=O)c1c(-c2ccc(Cl)cc2)csc1NC(=O)c1cc2ccc(N(CC)CC)cc2oc1=N. The number of hydrogen-bond donors (Lipinski definition) is 2. The topological polar surface area (TPSA) is 95.6 Å². The Labute approximate surface area is 217 Å². The van der Waals surface area contributed by atoms with Crippen LogP contribution in [0.4, 0.5) is 10.7 Å². The Balaban J connectivity index is 1.69. The van der Waals surface area contributed by atoms with Crippen LogP contribution in [0.25, 0.3) is 22.1 Å². The minimum atomic E-state index is -0.548. The molecule has 2 aromatic carbocycles. The van der Waals surface area contributed by atoms with E-state index < -0.39 is 11.9 Å². The van der Waals surface area contributed by atoms with Gasteiger partial charge >= 0.3 is 5.97 Å². The zero-order valence-corrected chi connectivity index (χ0v) is 21.8. The standard InChI is InChI=1S/C27H26ClN3O4S/c1-4-31(5-2)19-12-9-17-13-20(24(29)35-22(17)14-19)25(32)30-26-23(27(33)34-6-3)21(15-36-26)16-7-10-18(28)11-8-16/h7-15,29H,4-6H2,1-3H3,(H,30,32). The summed E-state index contributed by atoms with van der Waals surface area (Å²) in [7, 11) is 0. The molecule has 0 aliphatic carbocycles. The van der Waals surface area contributed by atoms with Crippen LogP contribution in [-0.2, 0) is 4.74 Å². The highest BCUT2D eigenvalue weighted by Gasteiger charge is 2.24. The van der Waals surface area contributed by atoms with E-state index in [4.69, 9.17) is 26.2 Å². The smallest absolute Gasteiger partial charge is 0.341 e. The molecule has 0 unspecified atom stereocenters. The Bertz CT molecular complexity index is 1470. The van der Waals surface area contributed by atoms with Crippen molar-refractivity contribution in [2.75, 3.05) is 29.9 Å². The van der Waals surface area contributed by atoms with Crippen LogP contribution in [0.15, 0.2) is 58.3 Å². The molecule has 1 amide bonds. The van der Waals surface area contributed by atoms with Crippen LogP contribution in [0.3, 0.4) is 0 Å². The second-order valence-corrected chi connectivity index (χ2v) is 9.23. The fraction of sp³-hybridized carbons (Fsp3) is 0.222. The van der Waals surface area contributed by atoms with Crippen molar-refractivity contribution in [3.8, 4) is 11.1 Å². The summed E-state index contributed by atoms with van der Waals surface area (Å²) in [5.74, 6) is -1.09. The number of fused-ring (bicyclic) bond motifs is 1. The van der Waals surface area contributed by atoms with Gasteiger partial charge < -0.3 is 19.4 Å². The number of thiophene rings is 1. The van der Waals surface area contributed by atoms with Crippen LogP contribution in [0.2, 0.25) is 5.02 Å². The molecule has 36 heavy (non-hydrogen) atoms. The van der Waals surface area contributed by atoms with Crippen molar-refractivity contribution in [1.29, 1.82) is 5.41 Å². The Kier molecular flexibility index (Phi) is 7.76. The second-order valence-electron chi connectivity index (χ2n) is 7.92. The average molecular weight is 524 g/mol. The predicted molar refractivity (Wildman–Crippen MR) is 144 cm³/mol. The fourth-order valence-electron chi connectivity index (χ4n) is 3.94. The van der Waals surface area contributed by atoms with Gasteiger partial charge in [0.15, 0.2) is 0 Å². The molecule has 2 heterocycles. The third-order valence-corrected chi connectivity index (χ3v) is 6.93. The number of benzene rings is 2. The van der Waals surface area contributed by atoms with Gasteiger partial charge in [-0.1, -0.05) is 23.7 Å². The van der Waals surface area contributed by atoms with Gasteiger partial charge in [-0.3, -0.25) is 10.2 Å². The van der Waals surface area contributed by atoms with Crippen molar-refractivity contribution < 1.29 is 18.7 Å². The van der Waals surface area contributed by atoms with Crippen LogP contribution in [0.1, 0.15) is 41.5 Å². The summed E-state index contributed by atoms with van der Waals surface area (Å²) in [5.41, 5.74) is 2.96. The predicted octanol–water partition coefficient (Wildman–Crippen LogP) is 6.57. The van der Waals surface area contributed by atoms with Gasteiger partial charge in [-0.2, -0.15) is 0 Å². The molecule has 2 aromatic heterocycles. The average Bonchev–Trinajstić information content (AvgIpc) is 3.28. The van der Waals surface area contributed by atoms with Crippen molar-refractivity contribution in [1.82, 2.24) is 0 Å². The summed E-state index contributed by atoms with van der Waals surface area (Å²) >= 11 is 7.22. The molecule has 7 nitrogen and oxygen atoms in total. The number of anilines is 2. The molecule has 0 atom stereocenters. The van der Waals surface area contributed by atoms with Crippen LogP contribution in [0.5, 0.6) is 0 Å². The van der Waals surface area contributed by atoms with E-state index in [2.05, 4.69) is 24.1 Å². The number of carbonyl (C=O) groups is 2. The van der Waals surface area contributed by atoms with E-state index >= 15 is 0 Å². The van der Waals surface area contributed by atoms with E-state index in [1.165, 1.54) is 11.3 Å². The lowest BCUT2D eigenvalue weighted by Crippen LogP contribution is -2.22. The first-order valence-electron chi connectivity index (χ1n) is 11.6. The summed E-state index contributed by atoms with van der Waals surface area (Å²) in [4.78, 5) is 28.2. The first-order chi connectivity index (χ1) is 17.4. The highest BCUT2D eigenvalue weighted by molar-refractivity contribution is 7.15.